The van der Waals surface area contributed by atoms with E-state index in [0.29, 0.717) is 11.0 Å². The van der Waals surface area contributed by atoms with Crippen LogP contribution in [0, 0.1) is 0 Å². The number of carboxylic acid groups (broad SMARTS) is 1. The summed E-state index contributed by atoms with van der Waals surface area (Å²) in [5.41, 5.74) is 0.512. The molecule has 1 N–H and O–H groups in total. The number of hydrogen-bond acceptors (Lipinski definition) is 4. The Labute approximate surface area is 118 Å². The van der Waals surface area contributed by atoms with Crippen LogP contribution >= 0.6 is 11.6 Å². The molecule has 2 aromatic heterocycles. The Balaban J connectivity index is 1.89. The molecule has 106 valence electrons. The molecule has 9 heteroatoms. The topological polar surface area (TPSA) is 84.1 Å². The number of hydrogen-bond donors (Lipinski definition) is 1. The number of nitrogens with zero attached hydrogens (tertiary/aromatic N) is 5. The molecule has 2 atom stereocenters. The van der Waals surface area contributed by atoms with Gasteiger partial charge in [0.05, 0.1) is 30.7 Å². The van der Waals surface area contributed by atoms with Crippen LogP contribution in [0.1, 0.15) is 6.42 Å². The molecule has 1 amide bonds. The lowest BCUT2D eigenvalue weighted by atomic mass is 10.2. The summed E-state index contributed by atoms with van der Waals surface area (Å²) in [5.74, 6) is 0. The number of fused-ring (bicyclic) bond motifs is 1. The highest BCUT2D eigenvalue weighted by atomic mass is 35.5. The second kappa shape index (κ2) is 4.86. The molecular formula is C11H11ClFN5O2. The summed E-state index contributed by atoms with van der Waals surface area (Å²) >= 11 is 5.74. The van der Waals surface area contributed by atoms with Gasteiger partial charge in [0.25, 0.3) is 0 Å². The van der Waals surface area contributed by atoms with E-state index < -0.39 is 18.3 Å². The van der Waals surface area contributed by atoms with Gasteiger partial charge in [0.1, 0.15) is 6.17 Å². The number of carbonyl (C=O) groups is 1. The van der Waals surface area contributed by atoms with Crippen LogP contribution in [0.2, 0.25) is 5.28 Å². The summed E-state index contributed by atoms with van der Waals surface area (Å²) in [6, 6.07) is -0.459. The summed E-state index contributed by atoms with van der Waals surface area (Å²) in [6.45, 7) is 0.137. The fraction of sp³-hybridized carbons (Fsp3) is 0.455. The van der Waals surface area contributed by atoms with E-state index in [0.717, 1.165) is 4.90 Å². The molecule has 1 aliphatic heterocycles. The maximum Gasteiger partial charge on any atom is 0.407 e. The molecule has 0 unspecified atom stereocenters. The third-order valence-electron chi connectivity index (χ3n) is 3.34. The average molecular weight is 300 g/mol. The van der Waals surface area contributed by atoms with Crippen molar-refractivity contribution in [3.63, 3.8) is 0 Å². The van der Waals surface area contributed by atoms with Crippen molar-refractivity contribution in [2.24, 2.45) is 0 Å². The quantitative estimate of drug-likeness (QED) is 0.851. The van der Waals surface area contributed by atoms with Crippen molar-refractivity contribution in [3.8, 4) is 0 Å². The largest absolute Gasteiger partial charge is 0.465 e. The van der Waals surface area contributed by atoms with Crippen LogP contribution in [-0.4, -0.2) is 54.6 Å². The van der Waals surface area contributed by atoms with E-state index in [1.165, 1.54) is 10.9 Å². The van der Waals surface area contributed by atoms with Crippen LogP contribution in [0.3, 0.4) is 0 Å². The highest BCUT2D eigenvalue weighted by molar-refractivity contribution is 6.28. The van der Waals surface area contributed by atoms with Crippen LogP contribution in [0.4, 0.5) is 9.18 Å². The van der Waals surface area contributed by atoms with E-state index in [1.807, 2.05) is 0 Å². The number of rotatable bonds is 2. The second-order valence-corrected chi connectivity index (χ2v) is 5.00. The lowest BCUT2D eigenvalue weighted by molar-refractivity contribution is 0.134. The number of aromatic nitrogens is 4. The van der Waals surface area contributed by atoms with Gasteiger partial charge >= 0.3 is 6.09 Å². The minimum absolute atomic E-state index is 0.0872. The molecule has 2 aromatic rings. The first kappa shape index (κ1) is 13.0. The Morgan fingerprint density at radius 3 is 3.10 bits per heavy atom. The maximum atomic E-state index is 13.4. The first-order chi connectivity index (χ1) is 9.54. The van der Waals surface area contributed by atoms with E-state index in [1.54, 1.807) is 6.20 Å². The Morgan fingerprint density at radius 2 is 2.35 bits per heavy atom. The van der Waals surface area contributed by atoms with E-state index in [9.17, 15) is 9.18 Å². The van der Waals surface area contributed by atoms with E-state index in [4.69, 9.17) is 16.7 Å². The van der Waals surface area contributed by atoms with Gasteiger partial charge in [-0.15, -0.1) is 0 Å². The zero-order valence-electron chi connectivity index (χ0n) is 10.3. The normalized spacial score (nSPS) is 22.6. The maximum absolute atomic E-state index is 13.4. The van der Waals surface area contributed by atoms with Crippen molar-refractivity contribution in [2.45, 2.75) is 25.2 Å². The number of likely N-dealkylation sites (tertiary alicyclic amines) is 1. The van der Waals surface area contributed by atoms with Crippen LogP contribution in [0.25, 0.3) is 11.0 Å². The van der Waals surface area contributed by atoms with Crippen LogP contribution < -0.4 is 0 Å². The van der Waals surface area contributed by atoms with Gasteiger partial charge < -0.3 is 10.0 Å². The minimum Gasteiger partial charge on any atom is -0.465 e. The zero-order valence-corrected chi connectivity index (χ0v) is 11.0. The summed E-state index contributed by atoms with van der Waals surface area (Å²) < 4.78 is 14.9. The van der Waals surface area contributed by atoms with Gasteiger partial charge in [0.15, 0.2) is 5.65 Å². The summed E-state index contributed by atoms with van der Waals surface area (Å²) in [5, 5.41) is 14.0. The third kappa shape index (κ3) is 2.26. The fourth-order valence-electron chi connectivity index (χ4n) is 2.45. The van der Waals surface area contributed by atoms with Gasteiger partial charge in [-0.3, -0.25) is 0 Å². The highest BCUT2D eigenvalue weighted by Gasteiger charge is 2.35. The number of halogens is 2. The second-order valence-electron chi connectivity index (χ2n) is 4.67. The predicted octanol–water partition coefficient (Wildman–Crippen LogP) is 1.57. The molecule has 0 aliphatic carbocycles. The van der Waals surface area contributed by atoms with E-state index in [-0.39, 0.29) is 24.8 Å². The lowest BCUT2D eigenvalue weighted by Crippen LogP contribution is -2.37. The van der Waals surface area contributed by atoms with Crippen molar-refractivity contribution in [2.75, 3.05) is 6.54 Å². The standard InChI is InChI=1S/C11H11ClFN5O2/c12-10-14-2-6-3-15-18(9(6)16-10)5-8-1-7(13)4-17(8)11(19)20/h2-3,7-8H,1,4-5H2,(H,19,20)/t7-,8+/m1/s1. The monoisotopic (exact) mass is 299 g/mol. The first-order valence-electron chi connectivity index (χ1n) is 6.02. The van der Waals surface area contributed by atoms with Gasteiger partial charge in [-0.25, -0.2) is 18.9 Å². The third-order valence-corrected chi connectivity index (χ3v) is 3.52. The van der Waals surface area contributed by atoms with Gasteiger partial charge in [-0.1, -0.05) is 0 Å². The summed E-state index contributed by atoms with van der Waals surface area (Å²) in [7, 11) is 0. The van der Waals surface area contributed by atoms with Crippen molar-refractivity contribution >= 4 is 28.7 Å². The SMILES string of the molecule is O=C(O)N1C[C@H](F)C[C@H]1Cn1ncc2cnc(Cl)nc21. The molecular weight excluding hydrogens is 289 g/mol. The van der Waals surface area contributed by atoms with Gasteiger partial charge in [0, 0.05) is 12.6 Å². The number of alkyl halides is 1. The van der Waals surface area contributed by atoms with Gasteiger partial charge in [-0.2, -0.15) is 10.1 Å². The van der Waals surface area contributed by atoms with Crippen molar-refractivity contribution in [3.05, 3.63) is 17.7 Å². The predicted molar refractivity (Wildman–Crippen MR) is 68.4 cm³/mol. The molecule has 0 saturated carbocycles. The molecule has 1 aliphatic rings. The first-order valence-corrected chi connectivity index (χ1v) is 6.40. The van der Waals surface area contributed by atoms with E-state index in [2.05, 4.69) is 15.1 Å². The van der Waals surface area contributed by atoms with Crippen molar-refractivity contribution < 1.29 is 14.3 Å². The molecule has 3 heterocycles. The zero-order chi connectivity index (χ0) is 14.3. The van der Waals surface area contributed by atoms with Crippen molar-refractivity contribution in [1.29, 1.82) is 0 Å². The van der Waals surface area contributed by atoms with Crippen LogP contribution in [-0.2, 0) is 6.54 Å². The Hall–Kier alpha value is -1.96. The molecule has 20 heavy (non-hydrogen) atoms. The molecule has 3 rings (SSSR count). The smallest absolute Gasteiger partial charge is 0.407 e. The Morgan fingerprint density at radius 1 is 1.55 bits per heavy atom. The molecule has 0 radical (unpaired) electrons. The molecule has 1 fully saturated rings. The van der Waals surface area contributed by atoms with Crippen LogP contribution in [0.15, 0.2) is 12.4 Å². The molecule has 0 spiro atoms. The van der Waals surface area contributed by atoms with Gasteiger partial charge in [0.2, 0.25) is 5.28 Å². The highest BCUT2D eigenvalue weighted by Crippen LogP contribution is 2.23. The number of amides is 1. The molecule has 0 bridgehead atoms. The lowest BCUT2D eigenvalue weighted by Gasteiger charge is -2.20. The molecule has 7 nitrogen and oxygen atoms in total. The van der Waals surface area contributed by atoms with Crippen molar-refractivity contribution in [1.82, 2.24) is 24.6 Å². The van der Waals surface area contributed by atoms with Gasteiger partial charge in [-0.05, 0) is 11.6 Å². The Kier molecular flexibility index (Phi) is 3.17. The van der Waals surface area contributed by atoms with Crippen LogP contribution in [0.5, 0.6) is 0 Å². The molecule has 1 saturated heterocycles. The fourth-order valence-corrected chi connectivity index (χ4v) is 2.57. The minimum atomic E-state index is -1.14. The summed E-state index contributed by atoms with van der Waals surface area (Å²) in [4.78, 5) is 20.1. The average Bonchev–Trinajstić information content (AvgIpc) is 2.94. The Bertz CT molecular complexity index is 663. The molecule has 0 aromatic carbocycles. The summed E-state index contributed by atoms with van der Waals surface area (Å²) in [6.07, 6.45) is 0.997. The van der Waals surface area contributed by atoms with E-state index >= 15 is 0 Å².